The van der Waals surface area contributed by atoms with Crippen LogP contribution in [0.15, 0.2) is 22.9 Å². The molecule has 1 aliphatic rings. The molecule has 130 valence electrons. The Morgan fingerprint density at radius 2 is 2.12 bits per heavy atom. The van der Waals surface area contributed by atoms with E-state index in [1.165, 1.54) is 7.05 Å². The van der Waals surface area contributed by atoms with Crippen LogP contribution in [-0.2, 0) is 26.2 Å². The van der Waals surface area contributed by atoms with Crippen LogP contribution in [0.4, 0.5) is 13.2 Å². The number of rotatable bonds is 2. The van der Waals surface area contributed by atoms with Gasteiger partial charge in [0.05, 0.1) is 11.3 Å². The highest BCUT2D eigenvalue weighted by molar-refractivity contribution is 5.58. The lowest BCUT2D eigenvalue weighted by Crippen LogP contribution is -2.24. The Hall–Kier alpha value is -2.75. The van der Waals surface area contributed by atoms with E-state index in [2.05, 4.69) is 25.5 Å². The number of nitrogens with zero attached hydrogens (tertiary/aromatic N) is 5. The molecule has 0 saturated carbocycles. The molecule has 4 heterocycles. The third kappa shape index (κ3) is 2.88. The third-order valence-corrected chi connectivity index (χ3v) is 4.00. The van der Waals surface area contributed by atoms with E-state index in [0.717, 1.165) is 35.0 Å². The van der Waals surface area contributed by atoms with Gasteiger partial charge in [-0.15, -0.1) is 0 Å². The molecule has 0 aliphatic carbocycles. The highest BCUT2D eigenvalue weighted by Gasteiger charge is 2.35. The van der Waals surface area contributed by atoms with E-state index in [1.54, 1.807) is 6.20 Å². The van der Waals surface area contributed by atoms with Gasteiger partial charge in [0.1, 0.15) is 5.69 Å². The van der Waals surface area contributed by atoms with E-state index in [4.69, 9.17) is 4.52 Å². The van der Waals surface area contributed by atoms with E-state index < -0.39 is 11.9 Å². The average Bonchev–Trinajstić information content (AvgIpc) is 3.20. The van der Waals surface area contributed by atoms with E-state index >= 15 is 0 Å². The Labute approximate surface area is 139 Å². The van der Waals surface area contributed by atoms with E-state index in [-0.39, 0.29) is 17.4 Å². The molecule has 1 aliphatic heterocycles. The standard InChI is InChI=1S/C15H13F3N6O/c1-24-11(5-12(22-24)15(16,17)18)13-21-14(25-23-13)9-4-8-2-3-19-7-10(8)20-6-9/h4-6,19H,2-3,7H2,1H3. The molecule has 3 aromatic rings. The summed E-state index contributed by atoms with van der Waals surface area (Å²) in [6, 6.07) is 2.82. The molecule has 0 unspecified atom stereocenters. The fourth-order valence-electron chi connectivity index (χ4n) is 2.72. The summed E-state index contributed by atoms with van der Waals surface area (Å²) in [7, 11) is 1.40. The Balaban J connectivity index is 1.68. The van der Waals surface area contributed by atoms with Crippen molar-refractivity contribution in [3.8, 4) is 23.0 Å². The summed E-state index contributed by atoms with van der Waals surface area (Å²) in [4.78, 5) is 8.57. The molecule has 0 saturated heterocycles. The molecule has 0 bridgehead atoms. The molecule has 3 aromatic heterocycles. The van der Waals surface area contributed by atoms with Crippen LogP contribution in [0, 0.1) is 0 Å². The molecule has 7 nitrogen and oxygen atoms in total. The maximum absolute atomic E-state index is 12.8. The van der Waals surface area contributed by atoms with Crippen LogP contribution < -0.4 is 5.32 Å². The average molecular weight is 350 g/mol. The van der Waals surface area contributed by atoms with E-state index in [1.807, 2.05) is 6.07 Å². The van der Waals surface area contributed by atoms with Gasteiger partial charge in [-0.05, 0) is 30.7 Å². The number of pyridine rings is 1. The summed E-state index contributed by atoms with van der Waals surface area (Å²) < 4.78 is 44.6. The van der Waals surface area contributed by atoms with Gasteiger partial charge in [0, 0.05) is 19.8 Å². The minimum absolute atomic E-state index is 0.0416. The van der Waals surface area contributed by atoms with Gasteiger partial charge in [0.15, 0.2) is 5.69 Å². The number of aryl methyl sites for hydroxylation is 1. The highest BCUT2D eigenvalue weighted by Crippen LogP contribution is 2.31. The maximum Gasteiger partial charge on any atom is 0.435 e. The minimum Gasteiger partial charge on any atom is -0.333 e. The van der Waals surface area contributed by atoms with Crippen LogP contribution in [-0.4, -0.2) is 31.4 Å². The summed E-state index contributed by atoms with van der Waals surface area (Å²) in [6.07, 6.45) is -2.07. The largest absolute Gasteiger partial charge is 0.435 e. The van der Waals surface area contributed by atoms with Crippen molar-refractivity contribution in [3.05, 3.63) is 35.3 Å². The first-order valence-corrected chi connectivity index (χ1v) is 7.56. The van der Waals surface area contributed by atoms with Crippen LogP contribution in [0.3, 0.4) is 0 Å². The molecule has 0 amide bonds. The molecule has 25 heavy (non-hydrogen) atoms. The lowest BCUT2D eigenvalue weighted by molar-refractivity contribution is -0.141. The molecular formula is C15H13F3N6O. The SMILES string of the molecule is Cn1nc(C(F)(F)F)cc1-c1noc(-c2cnc3c(c2)CCNC3)n1. The van der Waals surface area contributed by atoms with Crippen molar-refractivity contribution < 1.29 is 17.7 Å². The van der Waals surface area contributed by atoms with Crippen LogP contribution in [0.25, 0.3) is 23.0 Å². The Bertz CT molecular complexity index is 930. The maximum atomic E-state index is 12.8. The highest BCUT2D eigenvalue weighted by atomic mass is 19.4. The van der Waals surface area contributed by atoms with Gasteiger partial charge in [-0.25, -0.2) is 0 Å². The molecule has 10 heteroatoms. The number of hydrogen-bond donors (Lipinski definition) is 1. The van der Waals surface area contributed by atoms with Crippen molar-refractivity contribution in [1.29, 1.82) is 0 Å². The van der Waals surface area contributed by atoms with Gasteiger partial charge in [-0.2, -0.15) is 23.3 Å². The Morgan fingerprint density at radius 3 is 2.88 bits per heavy atom. The number of hydrogen-bond acceptors (Lipinski definition) is 6. The van der Waals surface area contributed by atoms with Crippen LogP contribution >= 0.6 is 0 Å². The van der Waals surface area contributed by atoms with Crippen molar-refractivity contribution in [1.82, 2.24) is 30.2 Å². The number of alkyl halides is 3. The molecular weight excluding hydrogens is 337 g/mol. The monoisotopic (exact) mass is 350 g/mol. The summed E-state index contributed by atoms with van der Waals surface area (Å²) in [5.74, 6) is 0.249. The zero-order chi connectivity index (χ0) is 17.6. The van der Waals surface area contributed by atoms with Gasteiger partial charge < -0.3 is 9.84 Å². The molecule has 0 atom stereocenters. The van der Waals surface area contributed by atoms with Crippen molar-refractivity contribution in [2.75, 3.05) is 6.54 Å². The number of nitrogens with one attached hydrogen (secondary N) is 1. The first kappa shape index (κ1) is 15.8. The summed E-state index contributed by atoms with van der Waals surface area (Å²) >= 11 is 0. The van der Waals surface area contributed by atoms with Gasteiger partial charge in [0.2, 0.25) is 5.82 Å². The third-order valence-electron chi connectivity index (χ3n) is 4.00. The summed E-state index contributed by atoms with van der Waals surface area (Å²) in [5, 5.41) is 10.5. The van der Waals surface area contributed by atoms with Crippen LogP contribution in [0.1, 0.15) is 17.0 Å². The Morgan fingerprint density at radius 1 is 1.28 bits per heavy atom. The van der Waals surface area contributed by atoms with Crippen molar-refractivity contribution >= 4 is 0 Å². The molecule has 0 spiro atoms. The zero-order valence-corrected chi connectivity index (χ0v) is 13.1. The van der Waals surface area contributed by atoms with E-state index in [0.29, 0.717) is 12.1 Å². The quantitative estimate of drug-likeness (QED) is 0.763. The lowest BCUT2D eigenvalue weighted by Gasteiger charge is -2.15. The van der Waals surface area contributed by atoms with Crippen molar-refractivity contribution in [2.24, 2.45) is 7.05 Å². The second-order valence-electron chi connectivity index (χ2n) is 5.72. The number of halogens is 3. The smallest absolute Gasteiger partial charge is 0.333 e. The molecule has 0 radical (unpaired) electrons. The second kappa shape index (κ2) is 5.66. The predicted molar refractivity (Wildman–Crippen MR) is 80.1 cm³/mol. The molecule has 0 fully saturated rings. The van der Waals surface area contributed by atoms with Crippen LogP contribution in [0.5, 0.6) is 0 Å². The number of aromatic nitrogens is 5. The fourth-order valence-corrected chi connectivity index (χ4v) is 2.72. The lowest BCUT2D eigenvalue weighted by atomic mass is 10.0. The fraction of sp³-hybridized carbons (Fsp3) is 0.333. The molecule has 4 rings (SSSR count). The Kier molecular flexibility index (Phi) is 3.57. The summed E-state index contributed by atoms with van der Waals surface area (Å²) in [5.41, 5.74) is 1.82. The van der Waals surface area contributed by atoms with Gasteiger partial charge >= 0.3 is 6.18 Å². The van der Waals surface area contributed by atoms with Gasteiger partial charge in [-0.1, -0.05) is 5.16 Å². The van der Waals surface area contributed by atoms with Crippen LogP contribution in [0.2, 0.25) is 0 Å². The summed E-state index contributed by atoms with van der Waals surface area (Å²) in [6.45, 7) is 1.57. The van der Waals surface area contributed by atoms with Crippen molar-refractivity contribution in [3.63, 3.8) is 0 Å². The van der Waals surface area contributed by atoms with E-state index in [9.17, 15) is 13.2 Å². The molecule has 0 aromatic carbocycles. The first-order chi connectivity index (χ1) is 11.9. The second-order valence-corrected chi connectivity index (χ2v) is 5.72. The van der Waals surface area contributed by atoms with Gasteiger partial charge in [0.25, 0.3) is 5.89 Å². The first-order valence-electron chi connectivity index (χ1n) is 7.56. The minimum atomic E-state index is -4.53. The molecule has 1 N–H and O–H groups in total. The zero-order valence-electron chi connectivity index (χ0n) is 13.1. The number of fused-ring (bicyclic) bond motifs is 1. The van der Waals surface area contributed by atoms with Crippen molar-refractivity contribution in [2.45, 2.75) is 19.1 Å². The topological polar surface area (TPSA) is 81.7 Å². The van der Waals surface area contributed by atoms with Gasteiger partial charge in [-0.3, -0.25) is 9.67 Å². The normalized spacial score (nSPS) is 14.6. The predicted octanol–water partition coefficient (Wildman–Crippen LogP) is 2.20.